The molecule has 3 rings (SSSR count). The number of urea groups is 1. The average molecular weight is 425 g/mol. The molecule has 11 nitrogen and oxygen atoms in total. The number of hydrogen-bond acceptors (Lipinski definition) is 8. The lowest BCUT2D eigenvalue weighted by Gasteiger charge is -2.09. The van der Waals surface area contributed by atoms with Gasteiger partial charge in [0.15, 0.2) is 5.75 Å². The number of nitrogens with zero attached hydrogens (tertiary/aromatic N) is 2. The van der Waals surface area contributed by atoms with E-state index < -0.39 is 22.8 Å². The van der Waals surface area contributed by atoms with Gasteiger partial charge in [0.25, 0.3) is 5.91 Å². The van der Waals surface area contributed by atoms with E-state index in [0.717, 1.165) is 4.90 Å². The van der Waals surface area contributed by atoms with Crippen molar-refractivity contribution in [3.8, 4) is 18.1 Å². The van der Waals surface area contributed by atoms with Gasteiger partial charge in [-0.25, -0.2) is 9.59 Å². The quantitative estimate of drug-likeness (QED) is 0.177. The van der Waals surface area contributed by atoms with Crippen LogP contribution in [0.4, 0.5) is 10.5 Å². The second-order valence-corrected chi connectivity index (χ2v) is 6.11. The number of rotatable bonds is 7. The summed E-state index contributed by atoms with van der Waals surface area (Å²) >= 11 is 0. The highest BCUT2D eigenvalue weighted by Gasteiger charge is 2.34. The van der Waals surface area contributed by atoms with E-state index >= 15 is 0 Å². The van der Waals surface area contributed by atoms with E-state index in [4.69, 9.17) is 15.6 Å². The maximum Gasteiger partial charge on any atom is 0.373 e. The molecule has 1 saturated heterocycles. The van der Waals surface area contributed by atoms with Crippen LogP contribution in [0, 0.1) is 22.5 Å². The average Bonchev–Trinajstić information content (AvgIpc) is 3.32. The highest BCUT2D eigenvalue weighted by Crippen LogP contribution is 2.29. The van der Waals surface area contributed by atoms with Crippen molar-refractivity contribution in [2.45, 2.75) is 6.54 Å². The van der Waals surface area contributed by atoms with E-state index in [1.165, 1.54) is 43.5 Å². The van der Waals surface area contributed by atoms with Gasteiger partial charge in [-0.3, -0.25) is 19.8 Å². The van der Waals surface area contributed by atoms with Crippen molar-refractivity contribution in [2.24, 2.45) is 0 Å². The summed E-state index contributed by atoms with van der Waals surface area (Å²) in [6.07, 6.45) is 6.39. The Kier molecular flexibility index (Phi) is 6.02. The molecule has 2 heterocycles. The van der Waals surface area contributed by atoms with Crippen LogP contribution in [0.25, 0.3) is 6.08 Å². The van der Waals surface area contributed by atoms with Crippen molar-refractivity contribution in [1.82, 2.24) is 10.2 Å². The Morgan fingerprint density at radius 2 is 2.13 bits per heavy atom. The summed E-state index contributed by atoms with van der Waals surface area (Å²) in [5.74, 6) is 0.950. The fourth-order valence-electron chi connectivity index (χ4n) is 2.72. The molecule has 1 aliphatic rings. The first-order chi connectivity index (χ1) is 14.8. The molecule has 1 N–H and O–H groups in total. The number of nitro groups is 1. The van der Waals surface area contributed by atoms with Crippen LogP contribution in [0.3, 0.4) is 0 Å². The lowest BCUT2D eigenvalue weighted by molar-refractivity contribution is -0.385. The highest BCUT2D eigenvalue weighted by molar-refractivity contribution is 6.13. The maximum absolute atomic E-state index is 12.6. The minimum atomic E-state index is -0.712. The zero-order chi connectivity index (χ0) is 22.5. The van der Waals surface area contributed by atoms with Gasteiger partial charge in [-0.2, -0.15) is 0 Å². The van der Waals surface area contributed by atoms with Crippen molar-refractivity contribution >= 4 is 29.7 Å². The number of nitro benzene ring substituents is 1. The Bertz CT molecular complexity index is 1140. The van der Waals surface area contributed by atoms with Crippen LogP contribution in [0.15, 0.2) is 40.4 Å². The number of ether oxygens (including phenoxy) is 2. The van der Waals surface area contributed by atoms with E-state index in [1.807, 2.05) is 0 Å². The van der Waals surface area contributed by atoms with Gasteiger partial charge < -0.3 is 19.2 Å². The third kappa shape index (κ3) is 4.54. The topological polar surface area (TPSA) is 141 Å². The summed E-state index contributed by atoms with van der Waals surface area (Å²) < 4.78 is 14.9. The van der Waals surface area contributed by atoms with Gasteiger partial charge in [-0.15, -0.1) is 6.42 Å². The Morgan fingerprint density at radius 3 is 2.81 bits per heavy atom. The monoisotopic (exact) mass is 425 g/mol. The number of carbonyl (C=O) groups excluding carboxylic acids is 3. The number of methoxy groups -OCH3 is 1. The van der Waals surface area contributed by atoms with E-state index in [0.29, 0.717) is 0 Å². The van der Waals surface area contributed by atoms with Crippen LogP contribution in [-0.2, 0) is 16.1 Å². The number of carbonyl (C=O) groups is 3. The van der Waals surface area contributed by atoms with Crippen molar-refractivity contribution < 1.29 is 33.2 Å². The van der Waals surface area contributed by atoms with Crippen molar-refractivity contribution in [2.75, 3.05) is 13.7 Å². The SMILES string of the molecule is C#CCOc1ccc(/C=C2\NC(=O)N(Cc3ccc(C(=O)OC)o3)C2=O)cc1[N+](=O)[O-]. The molecule has 3 amide bonds. The van der Waals surface area contributed by atoms with Crippen molar-refractivity contribution in [3.63, 3.8) is 0 Å². The normalized spacial score (nSPS) is 14.3. The molecule has 0 atom stereocenters. The van der Waals surface area contributed by atoms with Crippen molar-refractivity contribution in [3.05, 3.63) is 63.2 Å². The number of amides is 3. The number of nitrogens with one attached hydrogen (secondary N) is 1. The van der Waals surface area contributed by atoms with Crippen molar-refractivity contribution in [1.29, 1.82) is 0 Å². The van der Waals surface area contributed by atoms with E-state index in [9.17, 15) is 24.5 Å². The minimum Gasteiger partial charge on any atom is -0.474 e. The summed E-state index contributed by atoms with van der Waals surface area (Å²) in [5.41, 5.74) is -0.142. The summed E-state index contributed by atoms with van der Waals surface area (Å²) in [7, 11) is 1.19. The largest absolute Gasteiger partial charge is 0.474 e. The lowest BCUT2D eigenvalue weighted by atomic mass is 10.1. The van der Waals surface area contributed by atoms with Gasteiger partial charge in [-0.05, 0) is 29.8 Å². The third-order valence-electron chi connectivity index (χ3n) is 4.13. The van der Waals surface area contributed by atoms with Gasteiger partial charge in [0, 0.05) is 6.07 Å². The predicted molar refractivity (Wildman–Crippen MR) is 105 cm³/mol. The molecule has 0 unspecified atom stereocenters. The fourth-order valence-corrected chi connectivity index (χ4v) is 2.72. The second kappa shape index (κ2) is 8.83. The van der Waals surface area contributed by atoms with Gasteiger partial charge in [0.1, 0.15) is 18.1 Å². The molecule has 0 spiro atoms. The molecule has 1 fully saturated rings. The van der Waals surface area contributed by atoms with Gasteiger partial charge >= 0.3 is 17.7 Å². The van der Waals surface area contributed by atoms with Crippen LogP contribution in [0.5, 0.6) is 5.75 Å². The molecule has 0 bridgehead atoms. The van der Waals surface area contributed by atoms with Gasteiger partial charge in [0.2, 0.25) is 5.76 Å². The molecule has 2 aromatic rings. The molecule has 0 aliphatic carbocycles. The minimum absolute atomic E-state index is 0.0206. The highest BCUT2D eigenvalue weighted by atomic mass is 16.6. The Labute approximate surface area is 175 Å². The molecule has 1 aromatic heterocycles. The first kappa shape index (κ1) is 21.1. The van der Waals surface area contributed by atoms with Crippen LogP contribution in [0.1, 0.15) is 21.9 Å². The number of imide groups is 1. The molecule has 31 heavy (non-hydrogen) atoms. The molecular weight excluding hydrogens is 410 g/mol. The van der Waals surface area contributed by atoms with E-state index in [-0.39, 0.29) is 47.4 Å². The van der Waals surface area contributed by atoms with Crippen LogP contribution in [-0.4, -0.2) is 41.4 Å². The van der Waals surface area contributed by atoms with E-state index in [2.05, 4.69) is 16.0 Å². The number of benzene rings is 1. The summed E-state index contributed by atoms with van der Waals surface area (Å²) in [5, 5.41) is 13.7. The predicted octanol–water partition coefficient (Wildman–Crippen LogP) is 2.08. The molecule has 158 valence electrons. The number of furan rings is 1. The van der Waals surface area contributed by atoms with Crippen LogP contribution >= 0.6 is 0 Å². The second-order valence-electron chi connectivity index (χ2n) is 6.11. The molecule has 1 aliphatic heterocycles. The zero-order valence-electron chi connectivity index (χ0n) is 16.1. The third-order valence-corrected chi connectivity index (χ3v) is 4.13. The zero-order valence-corrected chi connectivity index (χ0v) is 16.1. The summed E-state index contributed by atoms with van der Waals surface area (Å²) in [4.78, 5) is 47.8. The van der Waals surface area contributed by atoms with Gasteiger partial charge in [-0.1, -0.05) is 12.0 Å². The van der Waals surface area contributed by atoms with E-state index in [1.54, 1.807) is 0 Å². The number of esters is 1. The Hall–Kier alpha value is -4.59. The molecule has 1 aromatic carbocycles. The summed E-state index contributed by atoms with van der Waals surface area (Å²) in [6.45, 7) is -0.368. The smallest absolute Gasteiger partial charge is 0.373 e. The first-order valence-corrected chi connectivity index (χ1v) is 8.70. The number of terminal acetylenes is 1. The molecular formula is C20H15N3O8. The molecule has 0 radical (unpaired) electrons. The molecule has 11 heteroatoms. The first-order valence-electron chi connectivity index (χ1n) is 8.70. The molecule has 0 saturated carbocycles. The Morgan fingerprint density at radius 1 is 1.35 bits per heavy atom. The lowest BCUT2D eigenvalue weighted by Crippen LogP contribution is -2.30. The standard InChI is InChI=1S/C20H15N3O8/c1-3-8-30-16-6-4-12(10-15(16)23(27)28)9-14-18(24)22(20(26)21-14)11-13-5-7-17(31-13)19(25)29-2/h1,4-7,9-10H,8,11H2,2H3,(H,21,26)/b14-9-. The van der Waals surface area contributed by atoms with Crippen LogP contribution < -0.4 is 10.1 Å². The fraction of sp³-hybridized carbons (Fsp3) is 0.150. The van der Waals surface area contributed by atoms with Gasteiger partial charge in [0.05, 0.1) is 18.6 Å². The number of hydrogen-bond donors (Lipinski definition) is 1. The maximum atomic E-state index is 12.6. The summed E-state index contributed by atoms with van der Waals surface area (Å²) in [6, 6.07) is 6.10. The van der Waals surface area contributed by atoms with Crippen LogP contribution in [0.2, 0.25) is 0 Å². The Balaban J connectivity index is 1.80.